The summed E-state index contributed by atoms with van der Waals surface area (Å²) >= 11 is 1.41. The Morgan fingerprint density at radius 3 is 2.68 bits per heavy atom. The van der Waals surface area contributed by atoms with Gasteiger partial charge < -0.3 is 10.1 Å². The van der Waals surface area contributed by atoms with Crippen molar-refractivity contribution < 1.29 is 9.53 Å². The number of hydrogen-bond acceptors (Lipinski definition) is 6. The average Bonchev–Trinajstić information content (AvgIpc) is 3.18. The number of anilines is 1. The third kappa shape index (κ3) is 4.34. The molecule has 0 saturated carbocycles. The lowest BCUT2D eigenvalue weighted by molar-refractivity contribution is -0.117. The summed E-state index contributed by atoms with van der Waals surface area (Å²) in [4.78, 5) is 30.0. The minimum atomic E-state index is -0.387. The van der Waals surface area contributed by atoms with E-state index >= 15 is 0 Å². The monoisotopic (exact) mass is 434 g/mol. The first-order chi connectivity index (χ1) is 15.0. The molecule has 0 fully saturated rings. The highest BCUT2D eigenvalue weighted by Crippen LogP contribution is 2.31. The molecule has 1 amide bonds. The first kappa shape index (κ1) is 20.7. The standard InChI is InChI=1S/C23H22N4O3S/c1-4-15-8-10-17(11-9-15)25-19(28)13-27-23(29)21-22(31-14(2)24-21)20(26-27)16-6-5-7-18(12-16)30-3/h5-12H,4,13H2,1-3H3,(H,25,28). The molecule has 0 radical (unpaired) electrons. The Hall–Kier alpha value is -3.52. The predicted molar refractivity (Wildman–Crippen MR) is 123 cm³/mol. The van der Waals surface area contributed by atoms with Crippen LogP contribution in [0, 0.1) is 6.92 Å². The second kappa shape index (κ2) is 8.69. The number of rotatable bonds is 6. The van der Waals surface area contributed by atoms with Crippen molar-refractivity contribution in [2.75, 3.05) is 12.4 Å². The van der Waals surface area contributed by atoms with E-state index in [1.807, 2.05) is 55.5 Å². The summed E-state index contributed by atoms with van der Waals surface area (Å²) in [5.74, 6) is 0.349. The molecule has 2 aromatic carbocycles. The predicted octanol–water partition coefficient (Wildman–Crippen LogP) is 4.04. The van der Waals surface area contributed by atoms with E-state index in [9.17, 15) is 9.59 Å². The highest BCUT2D eigenvalue weighted by molar-refractivity contribution is 7.19. The lowest BCUT2D eigenvalue weighted by Crippen LogP contribution is -2.30. The molecule has 31 heavy (non-hydrogen) atoms. The van der Waals surface area contributed by atoms with Gasteiger partial charge in [-0.3, -0.25) is 9.59 Å². The number of methoxy groups -OCH3 is 1. The van der Waals surface area contributed by atoms with Crippen LogP contribution in [0.25, 0.3) is 21.5 Å². The van der Waals surface area contributed by atoms with E-state index < -0.39 is 0 Å². The van der Waals surface area contributed by atoms with Crippen molar-refractivity contribution in [3.05, 3.63) is 69.5 Å². The molecular weight excluding hydrogens is 412 g/mol. The second-order valence-electron chi connectivity index (χ2n) is 7.05. The molecule has 8 heteroatoms. The molecule has 1 N–H and O–H groups in total. The van der Waals surface area contributed by atoms with E-state index in [1.54, 1.807) is 7.11 Å². The molecule has 0 aliphatic heterocycles. The molecule has 0 aliphatic rings. The van der Waals surface area contributed by atoms with Crippen molar-refractivity contribution in [3.8, 4) is 17.0 Å². The number of aryl methyl sites for hydroxylation is 2. The number of thiazole rings is 1. The lowest BCUT2D eigenvalue weighted by atomic mass is 10.1. The average molecular weight is 435 g/mol. The SMILES string of the molecule is CCc1ccc(NC(=O)Cn2nc(-c3cccc(OC)c3)c3sc(C)nc3c2=O)cc1. The van der Waals surface area contributed by atoms with Crippen LogP contribution in [0.4, 0.5) is 5.69 Å². The summed E-state index contributed by atoms with van der Waals surface area (Å²) in [7, 11) is 1.59. The maximum Gasteiger partial charge on any atom is 0.294 e. The number of ether oxygens (including phenoxy) is 1. The molecule has 7 nitrogen and oxygen atoms in total. The number of nitrogens with one attached hydrogen (secondary N) is 1. The van der Waals surface area contributed by atoms with Crippen LogP contribution in [-0.2, 0) is 17.8 Å². The first-order valence-electron chi connectivity index (χ1n) is 9.90. The van der Waals surface area contributed by atoms with Crippen LogP contribution in [0.1, 0.15) is 17.5 Å². The summed E-state index contributed by atoms with van der Waals surface area (Å²) in [6.45, 7) is 3.70. The number of hydrogen-bond donors (Lipinski definition) is 1. The summed E-state index contributed by atoms with van der Waals surface area (Å²) in [6, 6.07) is 15.1. The van der Waals surface area contributed by atoms with Gasteiger partial charge in [-0.1, -0.05) is 31.2 Å². The van der Waals surface area contributed by atoms with Gasteiger partial charge in [0.25, 0.3) is 5.56 Å². The third-order valence-corrected chi connectivity index (χ3v) is 5.87. The van der Waals surface area contributed by atoms with Gasteiger partial charge in [0, 0.05) is 11.3 Å². The zero-order valence-electron chi connectivity index (χ0n) is 17.5. The molecule has 0 bridgehead atoms. The molecule has 0 aliphatic carbocycles. The number of aromatic nitrogens is 3. The van der Waals surface area contributed by atoms with E-state index in [2.05, 4.69) is 22.3 Å². The molecule has 4 aromatic rings. The fraction of sp³-hybridized carbons (Fsp3) is 0.217. The van der Waals surface area contributed by atoms with Crippen molar-refractivity contribution in [3.63, 3.8) is 0 Å². The molecule has 0 atom stereocenters. The minimum Gasteiger partial charge on any atom is -0.497 e. The Balaban J connectivity index is 1.71. The highest BCUT2D eigenvalue weighted by atomic mass is 32.1. The third-order valence-electron chi connectivity index (χ3n) is 4.89. The van der Waals surface area contributed by atoms with E-state index in [4.69, 9.17) is 4.74 Å². The van der Waals surface area contributed by atoms with E-state index in [0.717, 1.165) is 17.0 Å². The Kier molecular flexibility index (Phi) is 5.81. The normalized spacial score (nSPS) is 10.9. The molecule has 0 saturated heterocycles. The number of amides is 1. The molecule has 2 aromatic heterocycles. The van der Waals surface area contributed by atoms with Gasteiger partial charge in [-0.05, 0) is 43.2 Å². The van der Waals surface area contributed by atoms with Crippen LogP contribution < -0.4 is 15.6 Å². The van der Waals surface area contributed by atoms with Crippen LogP contribution in [-0.4, -0.2) is 27.8 Å². The summed E-state index contributed by atoms with van der Waals surface area (Å²) in [5.41, 5.74) is 3.17. The van der Waals surface area contributed by atoms with Crippen molar-refractivity contribution in [1.82, 2.24) is 14.8 Å². The van der Waals surface area contributed by atoms with Gasteiger partial charge in [0.2, 0.25) is 5.91 Å². The Morgan fingerprint density at radius 2 is 1.97 bits per heavy atom. The molecular formula is C23H22N4O3S. The summed E-state index contributed by atoms with van der Waals surface area (Å²) < 4.78 is 7.19. The Morgan fingerprint density at radius 1 is 1.19 bits per heavy atom. The van der Waals surface area contributed by atoms with Crippen LogP contribution >= 0.6 is 11.3 Å². The number of carbonyl (C=O) groups is 1. The number of carbonyl (C=O) groups excluding carboxylic acids is 1. The lowest BCUT2D eigenvalue weighted by Gasteiger charge is -2.10. The molecule has 0 spiro atoms. The van der Waals surface area contributed by atoms with E-state index in [0.29, 0.717) is 27.3 Å². The van der Waals surface area contributed by atoms with Crippen LogP contribution in [0.3, 0.4) is 0 Å². The fourth-order valence-electron chi connectivity index (χ4n) is 3.29. The zero-order chi connectivity index (χ0) is 22.0. The van der Waals surface area contributed by atoms with Gasteiger partial charge in [0.1, 0.15) is 18.0 Å². The van der Waals surface area contributed by atoms with E-state index in [1.165, 1.54) is 21.6 Å². The quantitative estimate of drug-likeness (QED) is 0.495. The highest BCUT2D eigenvalue weighted by Gasteiger charge is 2.18. The number of nitrogens with zero attached hydrogens (tertiary/aromatic N) is 3. The van der Waals surface area contributed by atoms with Gasteiger partial charge in [-0.25, -0.2) is 9.67 Å². The maximum absolute atomic E-state index is 13.0. The van der Waals surface area contributed by atoms with Gasteiger partial charge in [0.15, 0.2) is 5.52 Å². The number of benzene rings is 2. The van der Waals surface area contributed by atoms with Crippen molar-refractivity contribution in [2.24, 2.45) is 0 Å². The first-order valence-corrected chi connectivity index (χ1v) is 10.7. The van der Waals surface area contributed by atoms with Gasteiger partial charge in [-0.2, -0.15) is 5.10 Å². The minimum absolute atomic E-state index is 0.210. The Bertz CT molecular complexity index is 1310. The molecule has 158 valence electrons. The summed E-state index contributed by atoms with van der Waals surface area (Å²) in [6.07, 6.45) is 0.924. The van der Waals surface area contributed by atoms with Gasteiger partial charge in [-0.15, -0.1) is 11.3 Å². The summed E-state index contributed by atoms with van der Waals surface area (Å²) in [5, 5.41) is 8.11. The Labute approximate surface area is 183 Å². The van der Waals surface area contributed by atoms with Crippen molar-refractivity contribution in [2.45, 2.75) is 26.8 Å². The molecule has 2 heterocycles. The molecule has 0 unspecified atom stereocenters. The van der Waals surface area contributed by atoms with Crippen LogP contribution in [0.15, 0.2) is 53.3 Å². The maximum atomic E-state index is 13.0. The van der Waals surface area contributed by atoms with E-state index in [-0.39, 0.29) is 18.0 Å². The number of fused-ring (bicyclic) bond motifs is 1. The van der Waals surface area contributed by atoms with Gasteiger partial charge in [0.05, 0.1) is 16.8 Å². The topological polar surface area (TPSA) is 86.1 Å². The second-order valence-corrected chi connectivity index (χ2v) is 8.26. The largest absolute Gasteiger partial charge is 0.497 e. The smallest absolute Gasteiger partial charge is 0.294 e. The van der Waals surface area contributed by atoms with Crippen molar-refractivity contribution >= 4 is 33.1 Å². The zero-order valence-corrected chi connectivity index (χ0v) is 18.3. The molecule has 4 rings (SSSR count). The van der Waals surface area contributed by atoms with Crippen molar-refractivity contribution in [1.29, 1.82) is 0 Å². The van der Waals surface area contributed by atoms with Crippen LogP contribution in [0.2, 0.25) is 0 Å². The fourth-order valence-corrected chi connectivity index (χ4v) is 4.21. The van der Waals surface area contributed by atoms with Gasteiger partial charge >= 0.3 is 0 Å². The van der Waals surface area contributed by atoms with Crippen LogP contribution in [0.5, 0.6) is 5.75 Å².